The Balaban J connectivity index is 2.00. The third-order valence-corrected chi connectivity index (χ3v) is 4.27. The number of benzene rings is 1. The molecule has 1 N–H and O–H groups in total. The average molecular weight is 288 g/mol. The number of fused-ring (bicyclic) bond motifs is 1. The fourth-order valence-electron chi connectivity index (χ4n) is 2.27. The van der Waals surface area contributed by atoms with Crippen LogP contribution >= 0.6 is 11.8 Å². The summed E-state index contributed by atoms with van der Waals surface area (Å²) in [5, 5.41) is 10.1. The van der Waals surface area contributed by atoms with E-state index < -0.39 is 5.97 Å². The largest absolute Gasteiger partial charge is 0.481 e. The molecule has 1 aliphatic heterocycles. The van der Waals surface area contributed by atoms with E-state index in [-0.39, 0.29) is 17.0 Å². The lowest BCUT2D eigenvalue weighted by atomic mass is 10.1. The lowest BCUT2D eigenvalue weighted by molar-refractivity contribution is -0.133. The van der Waals surface area contributed by atoms with Crippen molar-refractivity contribution < 1.29 is 14.7 Å². The summed E-state index contributed by atoms with van der Waals surface area (Å²) in [5.74, 6) is -1.05. The molecule has 5 nitrogen and oxygen atoms in total. The molecule has 6 heteroatoms. The summed E-state index contributed by atoms with van der Waals surface area (Å²) in [6.45, 7) is 0. The SMILES string of the molecule is O=C(O)CSC1c2ccccc2C(=O)N1n1cccc1. The van der Waals surface area contributed by atoms with E-state index in [0.717, 1.165) is 5.56 Å². The molecule has 1 atom stereocenters. The normalized spacial score (nSPS) is 17.3. The molecule has 0 saturated heterocycles. The maximum Gasteiger partial charge on any atom is 0.313 e. The molecule has 0 bridgehead atoms. The maximum atomic E-state index is 12.5. The molecular formula is C14H12N2O3S. The summed E-state index contributed by atoms with van der Waals surface area (Å²) >= 11 is 1.23. The Hall–Kier alpha value is -2.21. The minimum Gasteiger partial charge on any atom is -0.481 e. The minimum atomic E-state index is -0.890. The van der Waals surface area contributed by atoms with Crippen LogP contribution in [0.5, 0.6) is 0 Å². The van der Waals surface area contributed by atoms with Gasteiger partial charge in [-0.25, -0.2) is 5.01 Å². The van der Waals surface area contributed by atoms with Crippen molar-refractivity contribution in [2.75, 3.05) is 10.8 Å². The number of amides is 1. The highest BCUT2D eigenvalue weighted by molar-refractivity contribution is 8.00. The predicted octanol–water partition coefficient (Wildman–Crippen LogP) is 2.10. The number of nitrogens with zero attached hydrogens (tertiary/aromatic N) is 2. The van der Waals surface area contributed by atoms with Crippen molar-refractivity contribution in [3.63, 3.8) is 0 Å². The number of carbonyl (C=O) groups is 2. The zero-order valence-electron chi connectivity index (χ0n) is 10.5. The Morgan fingerprint density at radius 3 is 2.60 bits per heavy atom. The minimum absolute atomic E-state index is 0.0515. The smallest absolute Gasteiger partial charge is 0.313 e. The molecule has 0 fully saturated rings. The monoisotopic (exact) mass is 288 g/mol. The fourth-order valence-corrected chi connectivity index (χ4v) is 3.31. The Morgan fingerprint density at radius 2 is 1.90 bits per heavy atom. The Morgan fingerprint density at radius 1 is 1.20 bits per heavy atom. The lowest BCUT2D eigenvalue weighted by Crippen LogP contribution is -2.36. The number of aliphatic carboxylic acids is 1. The van der Waals surface area contributed by atoms with Crippen molar-refractivity contribution in [1.29, 1.82) is 0 Å². The van der Waals surface area contributed by atoms with Gasteiger partial charge in [-0.2, -0.15) is 0 Å². The van der Waals surface area contributed by atoms with Gasteiger partial charge in [-0.05, 0) is 23.8 Å². The summed E-state index contributed by atoms with van der Waals surface area (Å²) < 4.78 is 1.70. The molecule has 102 valence electrons. The van der Waals surface area contributed by atoms with Crippen LogP contribution in [0.1, 0.15) is 21.3 Å². The number of aromatic nitrogens is 1. The Kier molecular flexibility index (Phi) is 3.23. The van der Waals surface area contributed by atoms with E-state index in [0.29, 0.717) is 5.56 Å². The number of hydrogen-bond acceptors (Lipinski definition) is 3. The molecule has 1 aliphatic rings. The average Bonchev–Trinajstić information content (AvgIpc) is 3.04. The Labute approximate surface area is 119 Å². The van der Waals surface area contributed by atoms with Crippen molar-refractivity contribution in [2.24, 2.45) is 0 Å². The summed E-state index contributed by atoms with van der Waals surface area (Å²) in [4.78, 5) is 23.3. The van der Waals surface area contributed by atoms with E-state index in [1.54, 1.807) is 28.1 Å². The van der Waals surface area contributed by atoms with Crippen LogP contribution in [0.15, 0.2) is 48.8 Å². The molecule has 0 aliphatic carbocycles. The first-order chi connectivity index (χ1) is 9.68. The van der Waals surface area contributed by atoms with Crippen LogP contribution < -0.4 is 5.01 Å². The van der Waals surface area contributed by atoms with Crippen LogP contribution in [-0.4, -0.2) is 27.4 Å². The molecule has 1 aromatic heterocycles. The van der Waals surface area contributed by atoms with Gasteiger partial charge in [0.05, 0.1) is 5.75 Å². The van der Waals surface area contributed by atoms with Crippen molar-refractivity contribution in [3.8, 4) is 0 Å². The number of thioether (sulfide) groups is 1. The molecule has 20 heavy (non-hydrogen) atoms. The number of carboxylic acid groups (broad SMARTS) is 1. The van der Waals surface area contributed by atoms with Gasteiger partial charge in [0, 0.05) is 18.0 Å². The summed E-state index contributed by atoms with van der Waals surface area (Å²) in [5.41, 5.74) is 1.49. The van der Waals surface area contributed by atoms with E-state index >= 15 is 0 Å². The van der Waals surface area contributed by atoms with E-state index in [4.69, 9.17) is 5.11 Å². The van der Waals surface area contributed by atoms with E-state index in [1.165, 1.54) is 11.8 Å². The second-order valence-electron chi connectivity index (χ2n) is 4.36. The molecule has 1 amide bonds. The van der Waals surface area contributed by atoms with Gasteiger partial charge in [0.25, 0.3) is 5.91 Å². The van der Waals surface area contributed by atoms with Crippen LogP contribution in [-0.2, 0) is 4.79 Å². The summed E-state index contributed by atoms with van der Waals surface area (Å²) in [6.07, 6.45) is 3.55. The quantitative estimate of drug-likeness (QED) is 0.936. The van der Waals surface area contributed by atoms with Gasteiger partial charge in [0.2, 0.25) is 0 Å². The molecule has 1 aromatic carbocycles. The molecule has 0 spiro atoms. The van der Waals surface area contributed by atoms with Gasteiger partial charge in [-0.15, -0.1) is 11.8 Å². The van der Waals surface area contributed by atoms with Crippen LogP contribution in [0.3, 0.4) is 0 Å². The van der Waals surface area contributed by atoms with Gasteiger partial charge in [-0.3, -0.25) is 14.3 Å². The standard InChI is InChI=1S/C14H12N2O3S/c17-12(18)9-20-14-11-6-2-1-5-10(11)13(19)16(14)15-7-3-4-8-15/h1-8,14H,9H2,(H,17,18). The van der Waals surface area contributed by atoms with Gasteiger partial charge in [-0.1, -0.05) is 18.2 Å². The van der Waals surface area contributed by atoms with Gasteiger partial charge >= 0.3 is 5.97 Å². The predicted molar refractivity (Wildman–Crippen MR) is 76.3 cm³/mol. The van der Waals surface area contributed by atoms with Crippen molar-refractivity contribution in [1.82, 2.24) is 4.68 Å². The van der Waals surface area contributed by atoms with Crippen LogP contribution in [0.2, 0.25) is 0 Å². The number of carboxylic acids is 1. The molecular weight excluding hydrogens is 276 g/mol. The first-order valence-electron chi connectivity index (χ1n) is 6.07. The number of carbonyl (C=O) groups excluding carboxylic acids is 1. The summed E-state index contributed by atoms with van der Waals surface area (Å²) in [6, 6.07) is 11.0. The third-order valence-electron chi connectivity index (χ3n) is 3.09. The maximum absolute atomic E-state index is 12.5. The lowest BCUT2D eigenvalue weighted by Gasteiger charge is -2.25. The number of rotatable bonds is 4. The second-order valence-corrected chi connectivity index (χ2v) is 5.43. The first-order valence-corrected chi connectivity index (χ1v) is 7.12. The first kappa shape index (κ1) is 12.8. The molecule has 0 radical (unpaired) electrons. The topological polar surface area (TPSA) is 62.5 Å². The molecule has 2 heterocycles. The van der Waals surface area contributed by atoms with Gasteiger partial charge in [0.1, 0.15) is 5.37 Å². The summed E-state index contributed by atoms with van der Waals surface area (Å²) in [7, 11) is 0. The van der Waals surface area contributed by atoms with E-state index in [9.17, 15) is 9.59 Å². The van der Waals surface area contributed by atoms with Crippen LogP contribution in [0, 0.1) is 0 Å². The third kappa shape index (κ3) is 2.08. The molecule has 1 unspecified atom stereocenters. The fraction of sp³-hybridized carbons (Fsp3) is 0.143. The van der Waals surface area contributed by atoms with Gasteiger partial charge < -0.3 is 5.11 Å². The second kappa shape index (κ2) is 5.05. The van der Waals surface area contributed by atoms with E-state index in [1.807, 2.05) is 30.3 Å². The number of hydrogen-bond donors (Lipinski definition) is 1. The van der Waals surface area contributed by atoms with Crippen molar-refractivity contribution >= 4 is 23.6 Å². The van der Waals surface area contributed by atoms with Crippen molar-refractivity contribution in [2.45, 2.75) is 5.37 Å². The van der Waals surface area contributed by atoms with Crippen LogP contribution in [0.25, 0.3) is 0 Å². The van der Waals surface area contributed by atoms with Gasteiger partial charge in [0.15, 0.2) is 0 Å². The molecule has 0 saturated carbocycles. The van der Waals surface area contributed by atoms with E-state index in [2.05, 4.69) is 0 Å². The highest BCUT2D eigenvalue weighted by Crippen LogP contribution is 2.39. The zero-order valence-corrected chi connectivity index (χ0v) is 11.3. The molecule has 3 rings (SSSR count). The molecule has 2 aromatic rings. The van der Waals surface area contributed by atoms with Crippen LogP contribution in [0.4, 0.5) is 0 Å². The van der Waals surface area contributed by atoms with Crippen molar-refractivity contribution in [3.05, 3.63) is 59.9 Å². The highest BCUT2D eigenvalue weighted by Gasteiger charge is 2.38. The highest BCUT2D eigenvalue weighted by atomic mass is 32.2. The Bertz CT molecular complexity index is 654. The zero-order chi connectivity index (χ0) is 14.1.